The fourth-order valence-corrected chi connectivity index (χ4v) is 4.53. The van der Waals surface area contributed by atoms with Gasteiger partial charge in [-0.15, -0.1) is 0 Å². The van der Waals surface area contributed by atoms with Crippen LogP contribution in [0.4, 0.5) is 0 Å². The average molecular weight is 526 g/mol. The summed E-state index contributed by atoms with van der Waals surface area (Å²) in [5.41, 5.74) is 1.08. The molecular formula is C27H27NO10. The minimum absolute atomic E-state index is 0.0104. The molecule has 0 N–H and O–H groups in total. The van der Waals surface area contributed by atoms with E-state index in [4.69, 9.17) is 23.7 Å². The topological polar surface area (TPSA) is 135 Å². The molecule has 2 aromatic rings. The first-order valence-electron chi connectivity index (χ1n) is 11.9. The Morgan fingerprint density at radius 1 is 0.789 bits per heavy atom. The fourth-order valence-electron chi connectivity index (χ4n) is 4.53. The molecule has 38 heavy (non-hydrogen) atoms. The molecule has 5 atom stereocenters. The molecule has 0 bridgehead atoms. The van der Waals surface area contributed by atoms with Gasteiger partial charge in [-0.3, -0.25) is 28.9 Å². The van der Waals surface area contributed by atoms with Gasteiger partial charge in [-0.1, -0.05) is 42.5 Å². The molecule has 0 aromatic heterocycles. The smallest absolute Gasteiger partial charge is 0.303 e. The van der Waals surface area contributed by atoms with Gasteiger partial charge in [-0.2, -0.15) is 0 Å². The zero-order chi connectivity index (χ0) is 27.4. The minimum Gasteiger partial charge on any atom is -0.463 e. The number of carbonyl (C=O) groups is 5. The van der Waals surface area contributed by atoms with Gasteiger partial charge in [0.25, 0.3) is 11.8 Å². The number of hydrogen-bond donors (Lipinski definition) is 0. The van der Waals surface area contributed by atoms with E-state index in [0.717, 1.165) is 24.3 Å². The van der Waals surface area contributed by atoms with Crippen molar-refractivity contribution in [1.82, 2.24) is 4.90 Å². The Balaban J connectivity index is 1.77. The van der Waals surface area contributed by atoms with E-state index < -0.39 is 60.4 Å². The van der Waals surface area contributed by atoms with Crippen LogP contribution in [0.3, 0.4) is 0 Å². The van der Waals surface area contributed by atoms with Crippen molar-refractivity contribution in [3.05, 3.63) is 71.3 Å². The van der Waals surface area contributed by atoms with Crippen molar-refractivity contribution in [3.8, 4) is 0 Å². The average Bonchev–Trinajstić information content (AvgIpc) is 3.13. The Morgan fingerprint density at radius 2 is 1.34 bits per heavy atom. The second kappa shape index (κ2) is 11.5. The normalized spacial score (nSPS) is 24.5. The van der Waals surface area contributed by atoms with Crippen LogP contribution in [0.25, 0.3) is 0 Å². The summed E-state index contributed by atoms with van der Waals surface area (Å²) in [4.78, 5) is 63.7. The van der Waals surface area contributed by atoms with E-state index in [-0.39, 0.29) is 24.3 Å². The molecule has 2 aromatic carbocycles. The van der Waals surface area contributed by atoms with Gasteiger partial charge < -0.3 is 23.7 Å². The van der Waals surface area contributed by atoms with Crippen molar-refractivity contribution in [2.45, 2.75) is 58.0 Å². The number of imide groups is 1. The third kappa shape index (κ3) is 5.74. The summed E-state index contributed by atoms with van der Waals surface area (Å²) in [6.07, 6.45) is -5.20. The summed E-state index contributed by atoms with van der Waals surface area (Å²) >= 11 is 0. The Hall–Kier alpha value is -4.09. The number of ether oxygens (including phenoxy) is 5. The van der Waals surface area contributed by atoms with E-state index in [1.807, 2.05) is 18.2 Å². The number of benzene rings is 2. The molecular weight excluding hydrogens is 498 g/mol. The van der Waals surface area contributed by atoms with Crippen LogP contribution in [0.5, 0.6) is 0 Å². The quantitative estimate of drug-likeness (QED) is 0.286. The number of rotatable bonds is 8. The summed E-state index contributed by atoms with van der Waals surface area (Å²) in [5.74, 6) is -3.42. The number of carbonyl (C=O) groups excluding carboxylic acids is 5. The molecule has 2 aliphatic rings. The highest BCUT2D eigenvalue weighted by Gasteiger charge is 2.57. The zero-order valence-corrected chi connectivity index (χ0v) is 21.0. The molecule has 2 amide bonds. The minimum atomic E-state index is -1.39. The molecule has 0 unspecified atom stereocenters. The second-order valence-electron chi connectivity index (χ2n) is 8.81. The Kier molecular flexibility index (Phi) is 8.18. The first-order chi connectivity index (χ1) is 18.2. The zero-order valence-electron chi connectivity index (χ0n) is 21.0. The van der Waals surface area contributed by atoms with Crippen molar-refractivity contribution in [1.29, 1.82) is 0 Å². The predicted octanol–water partition coefficient (Wildman–Crippen LogP) is 2.02. The SMILES string of the molecule is CC(=O)OC[C@H]1O[C@@H](OCc2ccccc2)[C@H](N2C(=O)c3ccccc3C2=O)[C@@H](OC(C)=O)[C@@H]1OC(C)=O. The van der Waals surface area contributed by atoms with E-state index in [0.29, 0.717) is 0 Å². The molecule has 200 valence electrons. The van der Waals surface area contributed by atoms with Gasteiger partial charge in [0.15, 0.2) is 18.5 Å². The molecule has 2 heterocycles. The van der Waals surface area contributed by atoms with Crippen molar-refractivity contribution >= 4 is 29.7 Å². The van der Waals surface area contributed by atoms with Gasteiger partial charge in [-0.25, -0.2) is 0 Å². The standard InChI is InChI=1S/C27H27NO10/c1-15(29)34-14-21-23(36-16(2)30)24(37-17(3)31)22(27(38-21)35-13-18-9-5-4-6-10-18)28-25(32)19-11-7-8-12-20(19)26(28)33/h4-12,21-24,27H,13-14H2,1-3H3/t21-,22-,23-,24-,27-/m1/s1. The number of amides is 2. The fraction of sp³-hybridized carbons (Fsp3) is 0.370. The van der Waals surface area contributed by atoms with Crippen LogP contribution in [0, 0.1) is 0 Å². The second-order valence-corrected chi connectivity index (χ2v) is 8.81. The van der Waals surface area contributed by atoms with Crippen molar-refractivity contribution in [2.75, 3.05) is 6.61 Å². The Labute approximate surface area is 218 Å². The predicted molar refractivity (Wildman–Crippen MR) is 128 cm³/mol. The lowest BCUT2D eigenvalue weighted by atomic mass is 9.94. The van der Waals surface area contributed by atoms with Crippen LogP contribution in [0.1, 0.15) is 47.1 Å². The Morgan fingerprint density at radius 3 is 1.89 bits per heavy atom. The number of nitrogens with zero attached hydrogens (tertiary/aromatic N) is 1. The summed E-state index contributed by atoms with van der Waals surface area (Å²) in [5, 5.41) is 0. The van der Waals surface area contributed by atoms with Crippen LogP contribution in [-0.4, -0.2) is 71.9 Å². The van der Waals surface area contributed by atoms with E-state index in [1.165, 1.54) is 19.1 Å². The lowest BCUT2D eigenvalue weighted by Crippen LogP contribution is -2.67. The van der Waals surface area contributed by atoms with Crippen LogP contribution < -0.4 is 0 Å². The summed E-state index contributed by atoms with van der Waals surface area (Å²) in [7, 11) is 0. The van der Waals surface area contributed by atoms with Crippen LogP contribution in [0.15, 0.2) is 54.6 Å². The first-order valence-corrected chi connectivity index (χ1v) is 11.9. The third-order valence-electron chi connectivity index (χ3n) is 6.05. The maximum absolute atomic E-state index is 13.5. The summed E-state index contributed by atoms with van der Waals surface area (Å²) in [6, 6.07) is 14.0. The molecule has 2 aliphatic heterocycles. The van der Waals surface area contributed by atoms with Crippen molar-refractivity contribution < 1.29 is 47.7 Å². The molecule has 0 saturated carbocycles. The van der Waals surface area contributed by atoms with Crippen molar-refractivity contribution in [3.63, 3.8) is 0 Å². The molecule has 0 radical (unpaired) electrons. The number of hydrogen-bond acceptors (Lipinski definition) is 10. The maximum atomic E-state index is 13.5. The van der Waals surface area contributed by atoms with Crippen LogP contribution in [0.2, 0.25) is 0 Å². The Bertz CT molecular complexity index is 1190. The lowest BCUT2D eigenvalue weighted by molar-refractivity contribution is -0.288. The number of fused-ring (bicyclic) bond motifs is 1. The van der Waals surface area contributed by atoms with Gasteiger partial charge in [0.2, 0.25) is 0 Å². The highest BCUT2D eigenvalue weighted by molar-refractivity contribution is 6.21. The molecule has 1 saturated heterocycles. The van der Waals surface area contributed by atoms with Gasteiger partial charge in [0, 0.05) is 20.8 Å². The van der Waals surface area contributed by atoms with E-state index in [2.05, 4.69) is 0 Å². The van der Waals surface area contributed by atoms with E-state index in [9.17, 15) is 24.0 Å². The van der Waals surface area contributed by atoms with Crippen molar-refractivity contribution in [2.24, 2.45) is 0 Å². The maximum Gasteiger partial charge on any atom is 0.303 e. The lowest BCUT2D eigenvalue weighted by Gasteiger charge is -2.47. The van der Waals surface area contributed by atoms with Gasteiger partial charge in [0.05, 0.1) is 17.7 Å². The molecule has 0 aliphatic carbocycles. The summed E-state index contributed by atoms with van der Waals surface area (Å²) < 4.78 is 28.3. The van der Waals surface area contributed by atoms with Crippen LogP contribution in [-0.2, 0) is 44.7 Å². The largest absolute Gasteiger partial charge is 0.463 e. The molecule has 4 rings (SSSR count). The van der Waals surface area contributed by atoms with Gasteiger partial charge in [0.1, 0.15) is 18.8 Å². The van der Waals surface area contributed by atoms with E-state index in [1.54, 1.807) is 24.3 Å². The highest BCUT2D eigenvalue weighted by Crippen LogP contribution is 2.35. The summed E-state index contributed by atoms with van der Waals surface area (Å²) in [6.45, 7) is 3.11. The van der Waals surface area contributed by atoms with E-state index >= 15 is 0 Å². The molecule has 0 spiro atoms. The number of esters is 3. The molecule has 1 fully saturated rings. The van der Waals surface area contributed by atoms with Crippen LogP contribution >= 0.6 is 0 Å². The van der Waals surface area contributed by atoms with Gasteiger partial charge in [-0.05, 0) is 17.7 Å². The first kappa shape index (κ1) is 27.0. The van der Waals surface area contributed by atoms with Gasteiger partial charge >= 0.3 is 17.9 Å². The monoisotopic (exact) mass is 525 g/mol. The molecule has 11 heteroatoms. The highest BCUT2D eigenvalue weighted by atomic mass is 16.7. The molecule has 11 nitrogen and oxygen atoms in total. The third-order valence-corrected chi connectivity index (χ3v) is 6.05.